The lowest BCUT2D eigenvalue weighted by molar-refractivity contribution is -0.154. The summed E-state index contributed by atoms with van der Waals surface area (Å²) in [6.07, 6.45) is 3.55. The average Bonchev–Trinajstić information content (AvgIpc) is 2.68. The maximum atomic E-state index is 12.2. The van der Waals surface area contributed by atoms with Crippen LogP contribution in [-0.2, 0) is 19.1 Å². The van der Waals surface area contributed by atoms with Gasteiger partial charge in [-0.15, -0.1) is 0 Å². The number of esters is 1. The Morgan fingerprint density at radius 3 is 2.59 bits per heavy atom. The standard InChI is InChI=1S/C21H28ClNO6/c1-5-8-27-21-17(22)9-16(10-18(21)26-4)6-7-20(25)28-13-19(24)23-11-14(2)29-15(3)12-23/h6-7,9-10,14-15H,5,8,11-13H2,1-4H3/b7-6+/t14-,15-/m1/s1. The number of halogens is 1. The molecule has 2 atom stereocenters. The molecule has 1 saturated heterocycles. The molecule has 0 aromatic heterocycles. The summed E-state index contributed by atoms with van der Waals surface area (Å²) in [7, 11) is 1.52. The predicted molar refractivity (Wildman–Crippen MR) is 110 cm³/mol. The van der Waals surface area contributed by atoms with E-state index in [4.69, 9.17) is 30.5 Å². The van der Waals surface area contributed by atoms with Crippen LogP contribution in [-0.4, -0.2) is 62.4 Å². The third-order valence-corrected chi connectivity index (χ3v) is 4.51. The Morgan fingerprint density at radius 1 is 1.28 bits per heavy atom. The van der Waals surface area contributed by atoms with Crippen LogP contribution in [0.2, 0.25) is 5.02 Å². The second-order valence-corrected chi connectivity index (χ2v) is 7.29. The summed E-state index contributed by atoms with van der Waals surface area (Å²) < 4.78 is 21.6. The molecule has 1 aliphatic heterocycles. The number of carbonyl (C=O) groups is 2. The lowest BCUT2D eigenvalue weighted by Gasteiger charge is -2.35. The van der Waals surface area contributed by atoms with Crippen LogP contribution in [0.15, 0.2) is 18.2 Å². The van der Waals surface area contributed by atoms with Gasteiger partial charge >= 0.3 is 5.97 Å². The second-order valence-electron chi connectivity index (χ2n) is 6.88. The highest BCUT2D eigenvalue weighted by atomic mass is 35.5. The van der Waals surface area contributed by atoms with E-state index in [1.165, 1.54) is 13.2 Å². The van der Waals surface area contributed by atoms with Crippen LogP contribution in [0.5, 0.6) is 11.5 Å². The summed E-state index contributed by atoms with van der Waals surface area (Å²) in [5.41, 5.74) is 0.648. The van der Waals surface area contributed by atoms with Crippen molar-refractivity contribution in [3.05, 3.63) is 28.8 Å². The molecule has 0 bridgehead atoms. The maximum absolute atomic E-state index is 12.2. The Balaban J connectivity index is 1.93. The number of ether oxygens (including phenoxy) is 4. The van der Waals surface area contributed by atoms with E-state index in [1.54, 1.807) is 23.1 Å². The first kappa shape index (κ1) is 23.0. The van der Waals surface area contributed by atoms with E-state index in [2.05, 4.69) is 0 Å². The van der Waals surface area contributed by atoms with Gasteiger partial charge in [0.25, 0.3) is 5.91 Å². The van der Waals surface area contributed by atoms with Crippen molar-refractivity contribution in [3.63, 3.8) is 0 Å². The monoisotopic (exact) mass is 425 g/mol. The van der Waals surface area contributed by atoms with Crippen molar-refractivity contribution in [1.29, 1.82) is 0 Å². The quantitative estimate of drug-likeness (QED) is 0.470. The van der Waals surface area contributed by atoms with Crippen LogP contribution in [0.3, 0.4) is 0 Å². The van der Waals surface area contributed by atoms with Crippen molar-refractivity contribution < 1.29 is 28.5 Å². The molecule has 1 aromatic rings. The van der Waals surface area contributed by atoms with E-state index >= 15 is 0 Å². The summed E-state index contributed by atoms with van der Waals surface area (Å²) in [6, 6.07) is 3.38. The minimum absolute atomic E-state index is 0.0395. The lowest BCUT2D eigenvalue weighted by atomic mass is 10.2. The fraction of sp³-hybridized carbons (Fsp3) is 0.524. The van der Waals surface area contributed by atoms with Crippen molar-refractivity contribution in [2.24, 2.45) is 0 Å². The third-order valence-electron chi connectivity index (χ3n) is 4.22. The minimum atomic E-state index is -0.617. The number of amides is 1. The van der Waals surface area contributed by atoms with Gasteiger partial charge in [0, 0.05) is 19.2 Å². The van der Waals surface area contributed by atoms with Crippen molar-refractivity contribution in [1.82, 2.24) is 4.90 Å². The van der Waals surface area contributed by atoms with Crippen LogP contribution in [0.4, 0.5) is 0 Å². The Kier molecular flexibility index (Phi) is 8.79. The number of carbonyl (C=O) groups excluding carboxylic acids is 2. The van der Waals surface area contributed by atoms with E-state index in [1.807, 2.05) is 20.8 Å². The molecule has 0 spiro atoms. The first-order valence-electron chi connectivity index (χ1n) is 9.62. The van der Waals surface area contributed by atoms with Crippen LogP contribution >= 0.6 is 11.6 Å². The average molecular weight is 426 g/mol. The molecular weight excluding hydrogens is 398 g/mol. The highest BCUT2D eigenvalue weighted by Gasteiger charge is 2.26. The van der Waals surface area contributed by atoms with Gasteiger partial charge in [0.05, 0.1) is 30.9 Å². The molecule has 29 heavy (non-hydrogen) atoms. The molecule has 0 aliphatic carbocycles. The van der Waals surface area contributed by atoms with E-state index in [-0.39, 0.29) is 24.7 Å². The zero-order valence-electron chi connectivity index (χ0n) is 17.3. The first-order chi connectivity index (χ1) is 13.8. The molecule has 2 rings (SSSR count). The Hall–Kier alpha value is -2.25. The van der Waals surface area contributed by atoms with Gasteiger partial charge in [-0.05, 0) is 44.0 Å². The van der Waals surface area contributed by atoms with Crippen molar-refractivity contribution in [2.45, 2.75) is 39.4 Å². The van der Waals surface area contributed by atoms with Crippen LogP contribution in [0, 0.1) is 0 Å². The van der Waals surface area contributed by atoms with E-state index in [9.17, 15) is 9.59 Å². The molecule has 0 N–H and O–H groups in total. The molecule has 1 heterocycles. The summed E-state index contributed by atoms with van der Waals surface area (Å²) in [4.78, 5) is 25.9. The Labute approximate surface area is 176 Å². The van der Waals surface area contributed by atoms with Crippen molar-refractivity contribution in [2.75, 3.05) is 33.4 Å². The molecule has 0 unspecified atom stereocenters. The number of methoxy groups -OCH3 is 1. The van der Waals surface area contributed by atoms with E-state index in [0.29, 0.717) is 41.8 Å². The zero-order chi connectivity index (χ0) is 21.4. The van der Waals surface area contributed by atoms with Crippen molar-refractivity contribution in [3.8, 4) is 11.5 Å². The zero-order valence-corrected chi connectivity index (χ0v) is 18.0. The molecular formula is C21H28ClNO6. The van der Waals surface area contributed by atoms with Gasteiger partial charge in [-0.25, -0.2) is 4.79 Å². The fourth-order valence-corrected chi connectivity index (χ4v) is 3.27. The number of benzene rings is 1. The summed E-state index contributed by atoms with van der Waals surface area (Å²) in [5.74, 6) is 0.0880. The Morgan fingerprint density at radius 2 is 1.97 bits per heavy atom. The topological polar surface area (TPSA) is 74.3 Å². The van der Waals surface area contributed by atoms with Gasteiger partial charge in [0.15, 0.2) is 18.1 Å². The minimum Gasteiger partial charge on any atom is -0.493 e. The van der Waals surface area contributed by atoms with Gasteiger partial charge in [0.1, 0.15) is 0 Å². The van der Waals surface area contributed by atoms with Crippen molar-refractivity contribution >= 4 is 29.6 Å². The van der Waals surface area contributed by atoms with Crippen LogP contribution < -0.4 is 9.47 Å². The van der Waals surface area contributed by atoms with Gasteiger partial charge in [-0.2, -0.15) is 0 Å². The van der Waals surface area contributed by atoms with Crippen LogP contribution in [0.1, 0.15) is 32.8 Å². The predicted octanol–water partition coefficient (Wildman–Crippen LogP) is 3.33. The highest BCUT2D eigenvalue weighted by Crippen LogP contribution is 2.36. The van der Waals surface area contributed by atoms with Crippen LogP contribution in [0.25, 0.3) is 6.08 Å². The molecule has 1 aromatic carbocycles. The number of rotatable bonds is 8. The number of hydrogen-bond acceptors (Lipinski definition) is 6. The highest BCUT2D eigenvalue weighted by molar-refractivity contribution is 6.32. The van der Waals surface area contributed by atoms with E-state index < -0.39 is 5.97 Å². The summed E-state index contributed by atoms with van der Waals surface area (Å²) in [5, 5.41) is 0.386. The number of nitrogens with zero attached hydrogens (tertiary/aromatic N) is 1. The lowest BCUT2D eigenvalue weighted by Crippen LogP contribution is -2.49. The molecule has 8 heteroatoms. The second kappa shape index (κ2) is 11.1. The Bertz CT molecular complexity index is 741. The molecule has 1 amide bonds. The fourth-order valence-electron chi connectivity index (χ4n) is 3.00. The molecule has 1 aliphatic rings. The number of morpholine rings is 1. The first-order valence-corrected chi connectivity index (χ1v) is 10.00. The third kappa shape index (κ3) is 6.94. The summed E-state index contributed by atoms with van der Waals surface area (Å²) >= 11 is 6.26. The summed E-state index contributed by atoms with van der Waals surface area (Å²) in [6.45, 7) is 6.99. The smallest absolute Gasteiger partial charge is 0.331 e. The maximum Gasteiger partial charge on any atom is 0.331 e. The molecule has 0 saturated carbocycles. The molecule has 1 fully saturated rings. The van der Waals surface area contributed by atoms with Gasteiger partial charge in [-0.1, -0.05) is 18.5 Å². The SMILES string of the molecule is CCCOc1c(Cl)cc(/C=C/C(=O)OCC(=O)N2C[C@@H](C)O[C@H](C)C2)cc1OC. The van der Waals surface area contributed by atoms with Gasteiger partial charge in [0.2, 0.25) is 0 Å². The molecule has 160 valence electrons. The van der Waals surface area contributed by atoms with Gasteiger partial charge in [-0.3, -0.25) is 4.79 Å². The van der Waals surface area contributed by atoms with Gasteiger partial charge < -0.3 is 23.8 Å². The number of hydrogen-bond donors (Lipinski definition) is 0. The molecule has 0 radical (unpaired) electrons. The normalized spacial score (nSPS) is 19.3. The molecule has 7 nitrogen and oxygen atoms in total. The van der Waals surface area contributed by atoms with E-state index in [0.717, 1.165) is 6.42 Å². The largest absolute Gasteiger partial charge is 0.493 e.